The summed E-state index contributed by atoms with van der Waals surface area (Å²) in [6.07, 6.45) is 20.3. The van der Waals surface area contributed by atoms with Crippen molar-refractivity contribution in [1.29, 1.82) is 0 Å². The zero-order chi connectivity index (χ0) is 59.3. The number of ether oxygens (including phenoxy) is 5. The standard InChI is InChI=1S/C37H62N2O5Si2.C26H36N2O5/c1-25(28(4)44-46(14,15)36(5,6)7)19-20-26(2)34-31(42-37(8,9)43-34)18-16-17-29-32(35(40)41-21-22-45(11,12)13)27(3)23-30-33(29)38-24-39(30)10;1-15(18(4)29)11-12-16(2)24-21(32-26(5,6)33-24)10-8-9-19-22(25(30)31)17(3)13-20-23(19)27-14-28(20)7/h16-17,19-20,23-26,28,31,34H,18,21-22H2,1-15H3;8-9,11-16,18,21,24,29H,10H2,1-7H3,(H,30,31)/b17-16+,20-19-;9-8+,12-11-/t25-,26?,28+,31+,34-;15-,16?,18+,21+,24-/m11/s1. The zero-order valence-electron chi connectivity index (χ0n) is 52.0. The van der Waals surface area contributed by atoms with E-state index >= 15 is 0 Å². The number of carboxylic acids is 1. The van der Waals surface area contributed by atoms with Crippen LogP contribution in [0.15, 0.2) is 61.2 Å². The van der Waals surface area contributed by atoms with E-state index in [1.807, 2.05) is 108 Å². The van der Waals surface area contributed by atoms with Gasteiger partial charge in [0.2, 0.25) is 0 Å². The third-order valence-electron chi connectivity index (χ3n) is 16.0. The molecule has 2 aromatic carbocycles. The maximum Gasteiger partial charge on any atom is 0.339 e. The Hall–Kier alpha value is -4.53. The van der Waals surface area contributed by atoms with E-state index in [4.69, 9.17) is 28.1 Å². The maximum absolute atomic E-state index is 13.4. The molecule has 2 N–H and O–H groups in total. The van der Waals surface area contributed by atoms with Crippen molar-refractivity contribution in [3.8, 4) is 0 Å². The van der Waals surface area contributed by atoms with Gasteiger partial charge in [0, 0.05) is 51.2 Å². The fourth-order valence-electron chi connectivity index (χ4n) is 9.86. The highest BCUT2D eigenvalue weighted by atomic mass is 28.4. The number of carbonyl (C=O) groups excluding carboxylic acids is 1. The lowest BCUT2D eigenvalue weighted by Gasteiger charge is -2.39. The molecule has 0 saturated carbocycles. The number of aliphatic hydroxyl groups is 1. The highest BCUT2D eigenvalue weighted by Gasteiger charge is 2.44. The SMILES string of the molecule is Cc1cc2c(ncn2C)c(/C=C/C[C@@H]2OC(C)(C)O[C@@H]2C(C)/C=C\[C@@H](C)[C@H](C)O)c1C(=O)O.Cc1cc2c(ncn2C)c(/C=C/C[C@@H]2OC(C)(C)O[C@@H]2C(C)/C=C\[C@@H](C)[C@H](C)O[Si](C)(C)C(C)(C)C)c1C(=O)OCC[Si](C)(C)C. The van der Waals surface area contributed by atoms with Crippen LogP contribution in [0.3, 0.4) is 0 Å². The lowest BCUT2D eigenvalue weighted by molar-refractivity contribution is -0.148. The number of aromatic nitrogens is 4. The average molecular weight is 1130 g/mol. The summed E-state index contributed by atoms with van der Waals surface area (Å²) in [5.74, 6) is -2.09. The fourth-order valence-corrected chi connectivity index (χ4v) is 12.1. The number of aliphatic hydroxyl groups excluding tert-OH is 1. The van der Waals surface area contributed by atoms with E-state index in [0.717, 1.165) is 33.7 Å². The molecule has 438 valence electrons. The number of hydrogen-bond donors (Lipinski definition) is 2. The normalized spacial score (nSPS) is 22.3. The summed E-state index contributed by atoms with van der Waals surface area (Å²) in [5, 5.41) is 19.7. The number of fused-ring (bicyclic) bond motifs is 2. The van der Waals surface area contributed by atoms with Crippen molar-refractivity contribution in [3.63, 3.8) is 0 Å². The van der Waals surface area contributed by atoms with Gasteiger partial charge in [-0.15, -0.1) is 0 Å². The number of benzene rings is 2. The van der Waals surface area contributed by atoms with Crippen molar-refractivity contribution < 1.29 is 47.9 Å². The van der Waals surface area contributed by atoms with Crippen molar-refractivity contribution in [3.05, 3.63) is 94.6 Å². The van der Waals surface area contributed by atoms with Crippen LogP contribution in [0.4, 0.5) is 0 Å². The molecule has 14 nitrogen and oxygen atoms in total. The van der Waals surface area contributed by atoms with E-state index in [1.165, 1.54) is 0 Å². The Balaban J connectivity index is 0.000000306. The molecule has 2 fully saturated rings. The lowest BCUT2D eigenvalue weighted by Crippen LogP contribution is -2.44. The summed E-state index contributed by atoms with van der Waals surface area (Å²) in [5.41, 5.74) is 7.16. The van der Waals surface area contributed by atoms with Crippen molar-refractivity contribution in [2.24, 2.45) is 37.8 Å². The second-order valence-corrected chi connectivity index (χ2v) is 36.6. The second-order valence-electron chi connectivity index (χ2n) is 26.2. The Morgan fingerprint density at radius 1 is 0.709 bits per heavy atom. The molecule has 2 aliphatic rings. The molecule has 16 heteroatoms. The van der Waals surface area contributed by atoms with E-state index in [0.29, 0.717) is 41.7 Å². The van der Waals surface area contributed by atoms with Gasteiger partial charge in [0.05, 0.1) is 83.0 Å². The number of hydrogen-bond acceptors (Lipinski definition) is 11. The number of aryl methyl sites for hydroxylation is 4. The van der Waals surface area contributed by atoms with E-state index < -0.39 is 40.0 Å². The lowest BCUT2D eigenvalue weighted by atomic mass is 9.94. The average Bonchev–Trinajstić information content (AvgIpc) is 4.12. The van der Waals surface area contributed by atoms with Crippen molar-refractivity contribution in [2.75, 3.05) is 6.61 Å². The number of carboxylic acid groups (broad SMARTS) is 1. The minimum absolute atomic E-state index is 0.0534. The van der Waals surface area contributed by atoms with Crippen LogP contribution in [-0.4, -0.2) is 112 Å². The monoisotopic (exact) mass is 1130 g/mol. The van der Waals surface area contributed by atoms with Gasteiger partial charge in [-0.1, -0.05) is 117 Å². The van der Waals surface area contributed by atoms with E-state index in [-0.39, 0.29) is 70.8 Å². The molecule has 2 saturated heterocycles. The van der Waals surface area contributed by atoms with Crippen LogP contribution >= 0.6 is 0 Å². The molecule has 0 bridgehead atoms. The number of rotatable bonds is 21. The van der Waals surface area contributed by atoms with Gasteiger partial charge in [0.25, 0.3) is 0 Å². The van der Waals surface area contributed by atoms with Crippen LogP contribution in [0.25, 0.3) is 34.2 Å². The summed E-state index contributed by atoms with van der Waals surface area (Å²) >= 11 is 0. The van der Waals surface area contributed by atoms with Crippen LogP contribution in [0, 0.1) is 37.5 Å². The van der Waals surface area contributed by atoms with Gasteiger partial charge >= 0.3 is 11.9 Å². The van der Waals surface area contributed by atoms with Crippen molar-refractivity contribution >= 4 is 62.5 Å². The molecule has 6 rings (SSSR count). The number of aromatic carboxylic acids is 1. The molecule has 10 atom stereocenters. The molecule has 2 aromatic heterocycles. The second kappa shape index (κ2) is 26.2. The molecule has 2 unspecified atom stereocenters. The third-order valence-corrected chi connectivity index (χ3v) is 22.3. The van der Waals surface area contributed by atoms with Gasteiger partial charge in [-0.05, 0) is 128 Å². The number of carbonyl (C=O) groups is 2. The van der Waals surface area contributed by atoms with Crippen LogP contribution in [0.1, 0.15) is 146 Å². The molecule has 79 heavy (non-hydrogen) atoms. The first-order valence-corrected chi connectivity index (χ1v) is 35.1. The zero-order valence-corrected chi connectivity index (χ0v) is 54.0. The van der Waals surface area contributed by atoms with Gasteiger partial charge in [-0.3, -0.25) is 0 Å². The first kappa shape index (κ1) is 65.3. The Labute approximate surface area is 475 Å². The Bertz CT molecular complexity index is 2860. The fraction of sp³-hybridized carbons (Fsp3) is 0.619. The topological polar surface area (TPSA) is 166 Å². The smallest absolute Gasteiger partial charge is 0.339 e. The quantitative estimate of drug-likeness (QED) is 0.0461. The summed E-state index contributed by atoms with van der Waals surface area (Å²) in [4.78, 5) is 34.5. The number of nitrogens with zero attached hydrogens (tertiary/aromatic N) is 4. The highest BCUT2D eigenvalue weighted by Crippen LogP contribution is 2.40. The molecule has 4 heterocycles. The van der Waals surface area contributed by atoms with Gasteiger partial charge < -0.3 is 47.5 Å². The molecule has 4 aromatic rings. The minimum atomic E-state index is -1.85. The molecular weight excluding hydrogens is 1030 g/mol. The first-order valence-electron chi connectivity index (χ1n) is 28.5. The molecule has 0 spiro atoms. The van der Waals surface area contributed by atoms with Gasteiger partial charge in [-0.25, -0.2) is 19.6 Å². The maximum atomic E-state index is 13.4. The Morgan fingerprint density at radius 3 is 1.56 bits per heavy atom. The molecule has 0 aliphatic carbocycles. The number of esters is 1. The van der Waals surface area contributed by atoms with Gasteiger partial charge in [0.15, 0.2) is 19.9 Å². The summed E-state index contributed by atoms with van der Waals surface area (Å²) in [6.45, 7) is 42.7. The summed E-state index contributed by atoms with van der Waals surface area (Å²) in [6, 6.07) is 4.81. The highest BCUT2D eigenvalue weighted by molar-refractivity contribution is 6.76. The Kier molecular flexibility index (Phi) is 21.6. The van der Waals surface area contributed by atoms with Crippen LogP contribution in [0.2, 0.25) is 43.8 Å². The third kappa shape index (κ3) is 17.0. The van der Waals surface area contributed by atoms with Crippen LogP contribution in [-0.2, 0) is 42.2 Å². The molecule has 0 amide bonds. The predicted octanol–water partition coefficient (Wildman–Crippen LogP) is 14.3. The van der Waals surface area contributed by atoms with E-state index in [2.05, 4.69) is 115 Å². The van der Waals surface area contributed by atoms with Gasteiger partial charge in [-0.2, -0.15) is 0 Å². The van der Waals surface area contributed by atoms with Crippen molar-refractivity contribution in [1.82, 2.24) is 19.1 Å². The molecule has 2 aliphatic heterocycles. The van der Waals surface area contributed by atoms with Crippen LogP contribution in [0.5, 0.6) is 0 Å². The van der Waals surface area contributed by atoms with E-state index in [1.54, 1.807) is 19.6 Å². The summed E-state index contributed by atoms with van der Waals surface area (Å²) in [7, 11) is 0.684. The molecular formula is C63H98N4O10Si2. The van der Waals surface area contributed by atoms with Crippen LogP contribution < -0.4 is 0 Å². The first-order chi connectivity index (χ1) is 36.4. The minimum Gasteiger partial charge on any atom is -0.478 e. The largest absolute Gasteiger partial charge is 0.478 e. The van der Waals surface area contributed by atoms with Crippen molar-refractivity contribution in [2.45, 2.75) is 209 Å². The van der Waals surface area contributed by atoms with E-state index in [9.17, 15) is 19.8 Å². The van der Waals surface area contributed by atoms with Gasteiger partial charge in [0.1, 0.15) is 0 Å². The predicted molar refractivity (Wildman–Crippen MR) is 326 cm³/mol. The summed E-state index contributed by atoms with van der Waals surface area (Å²) < 4.78 is 41.6. The molecule has 0 radical (unpaired) electrons. The Morgan fingerprint density at radius 2 is 1.14 bits per heavy atom. The number of imidazole rings is 2.